The molecular formula is C27H34NP. The number of hydrogen-bond donors (Lipinski definition) is 0. The predicted octanol–water partition coefficient (Wildman–Crippen LogP) is 6.23. The number of benzene rings is 3. The van der Waals surface area contributed by atoms with E-state index >= 15 is 0 Å². The van der Waals surface area contributed by atoms with Crippen molar-refractivity contribution in [2.75, 3.05) is 20.3 Å². The van der Waals surface area contributed by atoms with Crippen molar-refractivity contribution < 1.29 is 0 Å². The van der Waals surface area contributed by atoms with Gasteiger partial charge >= 0.3 is 0 Å². The van der Waals surface area contributed by atoms with Crippen LogP contribution in [0.1, 0.15) is 37.8 Å². The summed E-state index contributed by atoms with van der Waals surface area (Å²) in [7, 11) is 4.10. The van der Waals surface area contributed by atoms with Crippen LogP contribution in [-0.2, 0) is 0 Å². The zero-order valence-corrected chi connectivity index (χ0v) is 18.9. The summed E-state index contributed by atoms with van der Waals surface area (Å²) in [5.41, 5.74) is 1.44. The molecule has 0 spiro atoms. The highest BCUT2D eigenvalue weighted by molar-refractivity contribution is 7.73. The van der Waals surface area contributed by atoms with Gasteiger partial charge in [-0.05, 0) is 56.7 Å². The van der Waals surface area contributed by atoms with Crippen LogP contribution in [0, 0.1) is 5.92 Å². The molecule has 3 aromatic carbocycles. The molecule has 1 unspecified atom stereocenters. The fraction of sp³-hybridized carbons (Fsp3) is 0.333. The van der Waals surface area contributed by atoms with Crippen LogP contribution in [0.4, 0.5) is 0 Å². The summed E-state index contributed by atoms with van der Waals surface area (Å²) in [6.07, 6.45) is 5.03. The van der Waals surface area contributed by atoms with Crippen molar-refractivity contribution in [3.63, 3.8) is 0 Å². The molecule has 2 heteroatoms. The topological polar surface area (TPSA) is 3.24 Å². The van der Waals surface area contributed by atoms with E-state index in [2.05, 4.69) is 117 Å². The fourth-order valence-corrected chi connectivity index (χ4v) is 6.90. The number of rotatable bonds is 10. The minimum atomic E-state index is -0.381. The Morgan fingerprint density at radius 2 is 1.21 bits per heavy atom. The molecule has 0 amide bonds. The van der Waals surface area contributed by atoms with Crippen molar-refractivity contribution in [3.8, 4) is 0 Å². The van der Waals surface area contributed by atoms with Gasteiger partial charge < -0.3 is 4.90 Å². The lowest BCUT2D eigenvalue weighted by Crippen LogP contribution is -2.31. The molecule has 0 fully saturated rings. The van der Waals surface area contributed by atoms with E-state index in [1.165, 1.54) is 41.6 Å². The Labute approximate surface area is 178 Å². The van der Waals surface area contributed by atoms with Crippen molar-refractivity contribution in [1.29, 1.82) is 0 Å². The molecule has 0 saturated heterocycles. The molecule has 2 atom stereocenters. The van der Waals surface area contributed by atoms with Gasteiger partial charge in [0.1, 0.15) is 0 Å². The van der Waals surface area contributed by atoms with Gasteiger partial charge in [-0.25, -0.2) is 0 Å². The second kappa shape index (κ2) is 11.3. The minimum Gasteiger partial charge on any atom is -0.302 e. The van der Waals surface area contributed by atoms with Gasteiger partial charge in [-0.15, -0.1) is 0 Å². The molecule has 0 saturated carbocycles. The second-order valence-electron chi connectivity index (χ2n) is 8.00. The van der Waals surface area contributed by atoms with Gasteiger partial charge in [0.25, 0.3) is 0 Å². The Balaban J connectivity index is 1.97. The third-order valence-electron chi connectivity index (χ3n) is 5.63. The van der Waals surface area contributed by atoms with E-state index in [4.69, 9.17) is 0 Å². The summed E-state index contributed by atoms with van der Waals surface area (Å²) >= 11 is 0. The molecule has 1 nitrogen and oxygen atoms in total. The quantitative estimate of drug-likeness (QED) is 0.363. The summed E-state index contributed by atoms with van der Waals surface area (Å²) in [5.74, 6) is 0.624. The fourth-order valence-electron chi connectivity index (χ4n) is 4.27. The third-order valence-corrected chi connectivity index (χ3v) is 8.30. The monoisotopic (exact) mass is 403 g/mol. The van der Waals surface area contributed by atoms with Gasteiger partial charge in [-0.3, -0.25) is 0 Å². The Morgan fingerprint density at radius 1 is 0.724 bits per heavy atom. The van der Waals surface area contributed by atoms with Crippen molar-refractivity contribution in [2.45, 2.75) is 32.2 Å². The van der Waals surface area contributed by atoms with Gasteiger partial charge in [0.15, 0.2) is 0 Å². The van der Waals surface area contributed by atoms with Gasteiger partial charge in [0.2, 0.25) is 0 Å². The van der Waals surface area contributed by atoms with Crippen LogP contribution in [0.15, 0.2) is 91.0 Å². The van der Waals surface area contributed by atoms with Crippen molar-refractivity contribution in [3.05, 3.63) is 96.6 Å². The van der Waals surface area contributed by atoms with E-state index in [1.54, 1.807) is 0 Å². The van der Waals surface area contributed by atoms with Gasteiger partial charge in [0.05, 0.1) is 0 Å². The van der Waals surface area contributed by atoms with Crippen LogP contribution < -0.4 is 10.6 Å². The maximum atomic E-state index is 2.43. The Hall–Kier alpha value is -1.95. The second-order valence-corrected chi connectivity index (χ2v) is 10.3. The van der Waals surface area contributed by atoms with Crippen LogP contribution >= 0.6 is 7.92 Å². The molecule has 0 heterocycles. The van der Waals surface area contributed by atoms with Crippen molar-refractivity contribution in [2.24, 2.45) is 5.92 Å². The van der Waals surface area contributed by atoms with E-state index in [-0.39, 0.29) is 7.92 Å². The highest BCUT2D eigenvalue weighted by Gasteiger charge is 2.28. The smallest absolute Gasteiger partial charge is 0.0373 e. The SMILES string of the molecule is CCCC[C@@H](CP(c1ccccc1)c1ccccc1)C(c1ccccc1)N(C)C. The van der Waals surface area contributed by atoms with Crippen molar-refractivity contribution in [1.82, 2.24) is 4.90 Å². The average Bonchev–Trinajstić information content (AvgIpc) is 2.77. The van der Waals surface area contributed by atoms with Crippen LogP contribution in [0.25, 0.3) is 0 Å². The van der Waals surface area contributed by atoms with Gasteiger partial charge in [0, 0.05) is 6.04 Å². The highest BCUT2D eigenvalue weighted by Crippen LogP contribution is 2.42. The first-order valence-electron chi connectivity index (χ1n) is 10.8. The molecule has 29 heavy (non-hydrogen) atoms. The summed E-state index contributed by atoms with van der Waals surface area (Å²) in [5, 5.41) is 2.97. The Kier molecular flexibility index (Phi) is 8.47. The van der Waals surface area contributed by atoms with E-state index in [0.29, 0.717) is 12.0 Å². The molecule has 0 aromatic heterocycles. The molecule has 0 aliphatic heterocycles. The van der Waals surface area contributed by atoms with Gasteiger partial charge in [-0.1, -0.05) is 111 Å². The molecule has 3 aromatic rings. The van der Waals surface area contributed by atoms with Crippen LogP contribution in [-0.4, -0.2) is 25.2 Å². The number of unbranched alkanes of at least 4 members (excludes halogenated alkanes) is 1. The third kappa shape index (κ3) is 6.01. The van der Waals surface area contributed by atoms with Crippen LogP contribution in [0.3, 0.4) is 0 Å². The van der Waals surface area contributed by atoms with E-state index in [9.17, 15) is 0 Å². The minimum absolute atomic E-state index is 0.381. The van der Waals surface area contributed by atoms with Crippen molar-refractivity contribution >= 4 is 18.5 Å². The lowest BCUT2D eigenvalue weighted by molar-refractivity contribution is 0.215. The van der Waals surface area contributed by atoms with Gasteiger partial charge in [-0.2, -0.15) is 0 Å². The maximum Gasteiger partial charge on any atom is 0.0373 e. The molecule has 152 valence electrons. The van der Waals surface area contributed by atoms with E-state index in [1.807, 2.05) is 0 Å². The molecule has 0 aliphatic carbocycles. The lowest BCUT2D eigenvalue weighted by Gasteiger charge is -2.35. The Morgan fingerprint density at radius 3 is 1.66 bits per heavy atom. The summed E-state index contributed by atoms with van der Waals surface area (Å²) < 4.78 is 0. The van der Waals surface area contributed by atoms with Crippen LogP contribution in [0.2, 0.25) is 0 Å². The predicted molar refractivity (Wildman–Crippen MR) is 130 cm³/mol. The summed E-state index contributed by atoms with van der Waals surface area (Å²) in [6, 6.07) is 33.8. The largest absolute Gasteiger partial charge is 0.302 e. The normalized spacial score (nSPS) is 13.6. The summed E-state index contributed by atoms with van der Waals surface area (Å²) in [4.78, 5) is 2.43. The molecule has 0 N–H and O–H groups in total. The molecule has 0 radical (unpaired) electrons. The maximum absolute atomic E-state index is 2.43. The molecule has 0 bridgehead atoms. The van der Waals surface area contributed by atoms with Crippen LogP contribution in [0.5, 0.6) is 0 Å². The molecule has 0 aliphatic rings. The van der Waals surface area contributed by atoms with E-state index in [0.717, 1.165) is 0 Å². The first kappa shape index (κ1) is 21.8. The van der Waals surface area contributed by atoms with E-state index < -0.39 is 0 Å². The number of hydrogen-bond acceptors (Lipinski definition) is 1. The Bertz CT molecular complexity index is 777. The standard InChI is InChI=1S/C27H34NP/c1-4-5-15-24(27(28(2)3)23-16-9-6-10-17-23)22-29(25-18-11-7-12-19-25)26-20-13-8-14-21-26/h6-14,16-21,24,27H,4-5,15,22H2,1-3H3/t24-,27?/m0/s1. The number of nitrogens with zero attached hydrogens (tertiary/aromatic N) is 1. The average molecular weight is 404 g/mol. The molecular weight excluding hydrogens is 369 g/mol. The molecule has 3 rings (SSSR count). The first-order valence-corrected chi connectivity index (χ1v) is 12.3. The first-order chi connectivity index (χ1) is 14.2. The highest BCUT2D eigenvalue weighted by atomic mass is 31.1. The zero-order valence-electron chi connectivity index (χ0n) is 18.0. The lowest BCUT2D eigenvalue weighted by atomic mass is 9.89. The zero-order chi connectivity index (χ0) is 20.5. The summed E-state index contributed by atoms with van der Waals surface area (Å²) in [6.45, 7) is 2.31.